The molecule has 5 heteroatoms. The molecule has 4 rings (SSSR count). The Balaban J connectivity index is 1.82. The molecule has 0 aliphatic heterocycles. The van der Waals surface area contributed by atoms with E-state index in [0.717, 1.165) is 53.9 Å². The quantitative estimate of drug-likeness (QED) is 0.281. The lowest BCUT2D eigenvalue weighted by atomic mass is 9.98. The van der Waals surface area contributed by atoms with Crippen LogP contribution in [-0.2, 0) is 0 Å². The van der Waals surface area contributed by atoms with Gasteiger partial charge in [-0.15, -0.1) is 0 Å². The summed E-state index contributed by atoms with van der Waals surface area (Å²) in [5, 5.41) is 1.73. The number of nitrogens with two attached hydrogens (primary N) is 1. The highest BCUT2D eigenvalue weighted by Crippen LogP contribution is 2.33. The number of aromatic nitrogens is 2. The molecule has 0 aliphatic carbocycles. The molecule has 0 bridgehead atoms. The second-order valence-corrected chi connectivity index (χ2v) is 9.27. The van der Waals surface area contributed by atoms with Crippen molar-refractivity contribution in [3.8, 4) is 22.5 Å². The van der Waals surface area contributed by atoms with Crippen LogP contribution in [0.5, 0.6) is 0 Å². The molecule has 0 aliphatic rings. The molecule has 0 fully saturated rings. The van der Waals surface area contributed by atoms with Gasteiger partial charge in [-0.1, -0.05) is 80.0 Å². The number of hydrogen-bond donors (Lipinski definition) is 1. The lowest BCUT2D eigenvalue weighted by Crippen LogP contribution is -2.31. The van der Waals surface area contributed by atoms with Crippen LogP contribution in [0.4, 0.5) is 0 Å². The van der Waals surface area contributed by atoms with Gasteiger partial charge in [0.2, 0.25) is 0 Å². The van der Waals surface area contributed by atoms with Gasteiger partial charge in [-0.25, -0.2) is 9.97 Å². The third-order valence-corrected chi connectivity index (χ3v) is 6.64. The molecule has 1 aromatic heterocycles. The number of fused-ring (bicyclic) bond motifs is 1. The van der Waals surface area contributed by atoms with E-state index >= 15 is 0 Å². The molecule has 0 spiro atoms. The van der Waals surface area contributed by atoms with Gasteiger partial charge >= 0.3 is 0 Å². The predicted octanol–water partition coefficient (Wildman–Crippen LogP) is 7.13. The van der Waals surface area contributed by atoms with Crippen molar-refractivity contribution in [2.45, 2.75) is 45.7 Å². The zero-order valence-corrected chi connectivity index (χ0v) is 21.0. The summed E-state index contributed by atoms with van der Waals surface area (Å²) >= 11 is 6.37. The maximum atomic E-state index is 6.37. The molecule has 2 atom stereocenters. The lowest BCUT2D eigenvalue weighted by Gasteiger charge is -2.31. The predicted molar refractivity (Wildman–Crippen MR) is 144 cm³/mol. The summed E-state index contributed by atoms with van der Waals surface area (Å²) in [6, 6.07) is 25.1. The van der Waals surface area contributed by atoms with Crippen molar-refractivity contribution in [1.82, 2.24) is 14.9 Å². The fraction of sp³-hybridized carbons (Fsp3) is 0.310. The van der Waals surface area contributed by atoms with E-state index < -0.39 is 0 Å². The summed E-state index contributed by atoms with van der Waals surface area (Å²) in [7, 11) is 0. The van der Waals surface area contributed by atoms with Crippen molar-refractivity contribution in [1.29, 1.82) is 0 Å². The summed E-state index contributed by atoms with van der Waals surface area (Å²) in [6.45, 7) is 8.36. The van der Waals surface area contributed by atoms with E-state index in [2.05, 4.69) is 80.3 Å². The Hall–Kier alpha value is -2.79. The molecule has 4 aromatic rings. The number of benzene rings is 3. The standard InChI is InChI=1S/C29H33ClN4/c1-4-34(5-2)27(18-11-20(3)31)28-25-17-16-24(30)19-26(25)32-29(33-28)23-14-12-22(13-15-23)21-9-7-6-8-10-21/h6-10,12-17,19-20,27H,4-5,11,18,31H2,1-3H3. The van der Waals surface area contributed by atoms with Crippen LogP contribution >= 0.6 is 11.6 Å². The van der Waals surface area contributed by atoms with E-state index in [-0.39, 0.29) is 12.1 Å². The molecule has 0 saturated carbocycles. The molecule has 0 radical (unpaired) electrons. The van der Waals surface area contributed by atoms with Crippen molar-refractivity contribution in [2.24, 2.45) is 5.73 Å². The minimum absolute atomic E-state index is 0.144. The molecule has 1 heterocycles. The van der Waals surface area contributed by atoms with E-state index in [1.165, 1.54) is 11.1 Å². The van der Waals surface area contributed by atoms with Crippen LogP contribution in [0, 0.1) is 0 Å². The van der Waals surface area contributed by atoms with Gasteiger partial charge in [0.15, 0.2) is 5.82 Å². The van der Waals surface area contributed by atoms with Crippen LogP contribution in [0.2, 0.25) is 5.02 Å². The van der Waals surface area contributed by atoms with Crippen molar-refractivity contribution in [2.75, 3.05) is 13.1 Å². The fourth-order valence-corrected chi connectivity index (χ4v) is 4.70. The van der Waals surface area contributed by atoms with Gasteiger partial charge in [0, 0.05) is 22.0 Å². The van der Waals surface area contributed by atoms with Crippen molar-refractivity contribution >= 4 is 22.5 Å². The van der Waals surface area contributed by atoms with E-state index in [4.69, 9.17) is 27.3 Å². The number of hydrogen-bond acceptors (Lipinski definition) is 4. The third kappa shape index (κ3) is 5.47. The van der Waals surface area contributed by atoms with Gasteiger partial charge in [0.1, 0.15) is 0 Å². The largest absolute Gasteiger partial charge is 0.328 e. The summed E-state index contributed by atoms with van der Waals surface area (Å²) in [5.74, 6) is 0.724. The number of nitrogens with zero attached hydrogens (tertiary/aromatic N) is 3. The second kappa shape index (κ2) is 11.1. The maximum absolute atomic E-state index is 6.37. The van der Waals surface area contributed by atoms with Crippen molar-refractivity contribution < 1.29 is 0 Å². The highest BCUT2D eigenvalue weighted by molar-refractivity contribution is 6.31. The van der Waals surface area contributed by atoms with Gasteiger partial charge in [-0.3, -0.25) is 4.90 Å². The van der Waals surface area contributed by atoms with Gasteiger partial charge in [0.25, 0.3) is 0 Å². The van der Waals surface area contributed by atoms with Crippen LogP contribution < -0.4 is 5.73 Å². The Morgan fingerprint density at radius 3 is 2.12 bits per heavy atom. The van der Waals surface area contributed by atoms with Crippen molar-refractivity contribution in [3.63, 3.8) is 0 Å². The topological polar surface area (TPSA) is 55.0 Å². The van der Waals surface area contributed by atoms with Gasteiger partial charge in [-0.2, -0.15) is 0 Å². The van der Waals surface area contributed by atoms with Gasteiger partial charge in [0.05, 0.1) is 17.3 Å². The van der Waals surface area contributed by atoms with E-state index in [0.29, 0.717) is 5.02 Å². The molecule has 34 heavy (non-hydrogen) atoms. The molecule has 4 nitrogen and oxygen atoms in total. The first-order valence-corrected chi connectivity index (χ1v) is 12.5. The lowest BCUT2D eigenvalue weighted by molar-refractivity contribution is 0.200. The van der Waals surface area contributed by atoms with Gasteiger partial charge in [-0.05, 0) is 62.2 Å². The Bertz CT molecular complexity index is 1220. The van der Waals surface area contributed by atoms with Crippen molar-refractivity contribution in [3.05, 3.63) is 83.5 Å². The molecule has 176 valence electrons. The number of rotatable bonds is 9. The van der Waals surface area contributed by atoms with E-state index in [1.807, 2.05) is 18.2 Å². The van der Waals surface area contributed by atoms with Crippen LogP contribution in [0.1, 0.15) is 45.3 Å². The normalized spacial score (nSPS) is 13.4. The first-order chi connectivity index (χ1) is 16.5. The maximum Gasteiger partial charge on any atom is 0.160 e. The molecule has 2 unspecified atom stereocenters. The zero-order valence-electron chi connectivity index (χ0n) is 20.2. The van der Waals surface area contributed by atoms with Gasteiger partial charge < -0.3 is 5.73 Å². The first-order valence-electron chi connectivity index (χ1n) is 12.1. The van der Waals surface area contributed by atoms with Crippen LogP contribution in [0.25, 0.3) is 33.4 Å². The Kier molecular flexibility index (Phi) is 7.94. The second-order valence-electron chi connectivity index (χ2n) is 8.83. The van der Waals surface area contributed by atoms with Crippen LogP contribution in [0.15, 0.2) is 72.8 Å². The minimum Gasteiger partial charge on any atom is -0.328 e. The summed E-state index contributed by atoms with van der Waals surface area (Å²) in [4.78, 5) is 12.5. The fourth-order valence-electron chi connectivity index (χ4n) is 4.53. The number of halogens is 1. The van der Waals surface area contributed by atoms with Crippen LogP contribution in [-0.4, -0.2) is 34.0 Å². The SMILES string of the molecule is CCN(CC)C(CCC(C)N)c1nc(-c2ccc(-c3ccccc3)cc2)nc2cc(Cl)ccc12. The summed E-state index contributed by atoms with van der Waals surface area (Å²) < 4.78 is 0. The molecule has 0 amide bonds. The smallest absolute Gasteiger partial charge is 0.160 e. The Morgan fingerprint density at radius 1 is 0.824 bits per heavy atom. The average molecular weight is 473 g/mol. The summed E-state index contributed by atoms with van der Waals surface area (Å²) in [5.41, 5.74) is 11.4. The third-order valence-electron chi connectivity index (χ3n) is 6.40. The Morgan fingerprint density at radius 2 is 1.47 bits per heavy atom. The highest BCUT2D eigenvalue weighted by Gasteiger charge is 2.24. The minimum atomic E-state index is 0.144. The van der Waals surface area contributed by atoms with E-state index in [1.54, 1.807) is 0 Å². The molecular weight excluding hydrogens is 440 g/mol. The Labute approximate surface area is 207 Å². The molecular formula is C29H33ClN4. The highest BCUT2D eigenvalue weighted by atomic mass is 35.5. The molecule has 3 aromatic carbocycles. The van der Waals surface area contributed by atoms with E-state index in [9.17, 15) is 0 Å². The molecule has 2 N–H and O–H groups in total. The monoisotopic (exact) mass is 472 g/mol. The zero-order chi connectivity index (χ0) is 24.1. The van der Waals surface area contributed by atoms with Crippen LogP contribution in [0.3, 0.4) is 0 Å². The summed E-state index contributed by atoms with van der Waals surface area (Å²) in [6.07, 6.45) is 1.88. The first kappa shape index (κ1) is 24.3. The molecule has 0 saturated heterocycles. The average Bonchev–Trinajstić information content (AvgIpc) is 2.86.